The van der Waals surface area contributed by atoms with Gasteiger partial charge in [-0.1, -0.05) is 31.8 Å². The Balaban J connectivity index is 2.84. The molecule has 0 spiro atoms. The van der Waals surface area contributed by atoms with Crippen molar-refractivity contribution >= 4 is 0 Å². The fraction of sp³-hybridized carbons (Fsp3) is 0.556. The van der Waals surface area contributed by atoms with Gasteiger partial charge >= 0.3 is 0 Å². The highest BCUT2D eigenvalue weighted by molar-refractivity contribution is 5.48. The van der Waals surface area contributed by atoms with Crippen LogP contribution in [0.1, 0.15) is 38.3 Å². The van der Waals surface area contributed by atoms with Gasteiger partial charge in [0, 0.05) is 12.6 Å². The summed E-state index contributed by atoms with van der Waals surface area (Å²) >= 11 is 0. The topological polar surface area (TPSA) is 38.5 Å². The van der Waals surface area contributed by atoms with Crippen LogP contribution < -0.4 is 10.5 Å². The van der Waals surface area contributed by atoms with Crippen LogP contribution in [0.3, 0.4) is 0 Å². The Labute approximate surface area is 129 Å². The van der Waals surface area contributed by atoms with E-state index in [4.69, 9.17) is 10.5 Å². The van der Waals surface area contributed by atoms with Crippen molar-refractivity contribution in [2.45, 2.75) is 39.8 Å². The van der Waals surface area contributed by atoms with E-state index >= 15 is 0 Å². The van der Waals surface area contributed by atoms with Crippen molar-refractivity contribution in [2.24, 2.45) is 11.7 Å². The lowest BCUT2D eigenvalue weighted by atomic mass is 10.0. The summed E-state index contributed by atoms with van der Waals surface area (Å²) in [7, 11) is 3.84. The number of methoxy groups -OCH3 is 1. The molecule has 116 valence electrons. The van der Waals surface area contributed by atoms with Crippen molar-refractivity contribution in [3.8, 4) is 17.6 Å². The Morgan fingerprint density at radius 2 is 2.00 bits per heavy atom. The highest BCUT2D eigenvalue weighted by atomic mass is 16.5. The molecule has 1 rings (SSSR count). The number of nitrogens with two attached hydrogens (primary N) is 1. The minimum absolute atomic E-state index is 0.360. The third-order valence-electron chi connectivity index (χ3n) is 3.59. The summed E-state index contributed by atoms with van der Waals surface area (Å²) in [5.41, 5.74) is 7.60. The second-order valence-electron chi connectivity index (χ2n) is 5.93. The molecule has 2 N–H and O–H groups in total. The predicted molar refractivity (Wildman–Crippen MR) is 89.3 cm³/mol. The molecule has 0 saturated carbocycles. The first-order chi connectivity index (χ1) is 9.97. The van der Waals surface area contributed by atoms with E-state index in [0.29, 0.717) is 18.5 Å². The fourth-order valence-corrected chi connectivity index (χ4v) is 2.40. The van der Waals surface area contributed by atoms with Crippen LogP contribution in [-0.4, -0.2) is 31.6 Å². The highest BCUT2D eigenvalue weighted by Crippen LogP contribution is 2.20. The number of benzene rings is 1. The molecule has 3 nitrogen and oxygen atoms in total. The van der Waals surface area contributed by atoms with Crippen molar-refractivity contribution in [3.05, 3.63) is 29.3 Å². The van der Waals surface area contributed by atoms with Crippen molar-refractivity contribution in [2.75, 3.05) is 20.7 Å². The molecule has 0 aliphatic heterocycles. The van der Waals surface area contributed by atoms with Gasteiger partial charge in [-0.3, -0.25) is 4.90 Å². The molecule has 0 saturated heterocycles. The lowest BCUT2D eigenvalue weighted by Gasteiger charge is -2.26. The number of nitrogens with zero attached hydrogens (tertiary/aromatic N) is 1. The van der Waals surface area contributed by atoms with Crippen LogP contribution in [0.2, 0.25) is 0 Å². The van der Waals surface area contributed by atoms with Crippen molar-refractivity contribution in [1.29, 1.82) is 0 Å². The van der Waals surface area contributed by atoms with Crippen LogP contribution >= 0.6 is 0 Å². The fourth-order valence-electron chi connectivity index (χ4n) is 2.40. The van der Waals surface area contributed by atoms with E-state index < -0.39 is 0 Å². The van der Waals surface area contributed by atoms with E-state index in [1.165, 1.54) is 12.0 Å². The molecule has 1 aromatic carbocycles. The van der Waals surface area contributed by atoms with Gasteiger partial charge < -0.3 is 10.5 Å². The summed E-state index contributed by atoms with van der Waals surface area (Å²) in [6, 6.07) is 6.74. The summed E-state index contributed by atoms with van der Waals surface area (Å²) in [6.45, 7) is 8.07. The summed E-state index contributed by atoms with van der Waals surface area (Å²) in [5.74, 6) is 7.49. The molecule has 1 atom stereocenters. The molecular weight excluding hydrogens is 260 g/mol. The van der Waals surface area contributed by atoms with Crippen molar-refractivity contribution in [3.63, 3.8) is 0 Å². The molecule has 0 aliphatic carbocycles. The predicted octanol–water partition coefficient (Wildman–Crippen LogP) is 2.87. The van der Waals surface area contributed by atoms with Gasteiger partial charge in [0.15, 0.2) is 0 Å². The maximum Gasteiger partial charge on any atom is 0.134 e. The van der Waals surface area contributed by atoms with Crippen LogP contribution in [-0.2, 0) is 6.54 Å². The molecule has 21 heavy (non-hydrogen) atoms. The van der Waals surface area contributed by atoms with Gasteiger partial charge in [0.2, 0.25) is 0 Å². The molecule has 0 amide bonds. The first-order valence-electron chi connectivity index (χ1n) is 7.54. The smallest absolute Gasteiger partial charge is 0.134 e. The standard InChI is InChI=1S/C18H28N2O/c1-14(2)11-15(3)20(4)13-16-8-9-18(21-5)17(12-16)7-6-10-19/h8-9,12,14-15H,10-11,13,19H2,1-5H3. The maximum atomic E-state index is 5.45. The molecule has 0 aliphatic rings. The van der Waals surface area contributed by atoms with Crippen LogP contribution in [0.25, 0.3) is 0 Å². The Hall–Kier alpha value is -1.50. The minimum atomic E-state index is 0.360. The van der Waals surface area contributed by atoms with E-state index in [1.54, 1.807) is 7.11 Å². The molecule has 1 aromatic rings. The van der Waals surface area contributed by atoms with Gasteiger partial charge in [0.25, 0.3) is 0 Å². The number of ether oxygens (including phenoxy) is 1. The summed E-state index contributed by atoms with van der Waals surface area (Å²) in [6.07, 6.45) is 1.20. The Bertz CT molecular complexity index is 500. The molecule has 0 bridgehead atoms. The summed E-state index contributed by atoms with van der Waals surface area (Å²) in [5, 5.41) is 0. The lowest BCUT2D eigenvalue weighted by molar-refractivity contribution is 0.220. The second kappa shape index (κ2) is 8.71. The summed E-state index contributed by atoms with van der Waals surface area (Å²) in [4.78, 5) is 2.38. The maximum absolute atomic E-state index is 5.45. The number of hydrogen-bond donors (Lipinski definition) is 1. The molecule has 0 aromatic heterocycles. The van der Waals surface area contributed by atoms with Crippen LogP contribution in [0.15, 0.2) is 18.2 Å². The summed E-state index contributed by atoms with van der Waals surface area (Å²) < 4.78 is 5.35. The van der Waals surface area contributed by atoms with Crippen LogP contribution in [0.5, 0.6) is 5.75 Å². The monoisotopic (exact) mass is 288 g/mol. The Kier molecular flexibility index (Phi) is 7.28. The van der Waals surface area contributed by atoms with Gasteiger partial charge in [-0.2, -0.15) is 0 Å². The van der Waals surface area contributed by atoms with Gasteiger partial charge in [0.05, 0.1) is 19.2 Å². The largest absolute Gasteiger partial charge is 0.495 e. The van der Waals surface area contributed by atoms with E-state index in [-0.39, 0.29) is 0 Å². The van der Waals surface area contributed by atoms with E-state index in [0.717, 1.165) is 17.9 Å². The zero-order valence-corrected chi connectivity index (χ0v) is 13.9. The van der Waals surface area contributed by atoms with Gasteiger partial charge in [0.1, 0.15) is 5.75 Å². The van der Waals surface area contributed by atoms with E-state index in [9.17, 15) is 0 Å². The zero-order chi connectivity index (χ0) is 15.8. The zero-order valence-electron chi connectivity index (χ0n) is 13.9. The molecule has 0 fully saturated rings. The van der Waals surface area contributed by atoms with E-state index in [2.05, 4.69) is 56.7 Å². The Morgan fingerprint density at radius 3 is 2.57 bits per heavy atom. The van der Waals surface area contributed by atoms with Gasteiger partial charge in [-0.15, -0.1) is 0 Å². The van der Waals surface area contributed by atoms with Crippen LogP contribution in [0.4, 0.5) is 0 Å². The number of hydrogen-bond acceptors (Lipinski definition) is 3. The third-order valence-corrected chi connectivity index (χ3v) is 3.59. The van der Waals surface area contributed by atoms with E-state index in [1.807, 2.05) is 6.07 Å². The molecule has 0 radical (unpaired) electrons. The first-order valence-corrected chi connectivity index (χ1v) is 7.54. The lowest BCUT2D eigenvalue weighted by Crippen LogP contribution is -2.29. The second-order valence-corrected chi connectivity index (χ2v) is 5.93. The highest BCUT2D eigenvalue weighted by Gasteiger charge is 2.12. The molecular formula is C18H28N2O. The molecule has 3 heteroatoms. The SMILES string of the molecule is COc1ccc(CN(C)C(C)CC(C)C)cc1C#CCN. The average Bonchev–Trinajstić information content (AvgIpc) is 2.44. The third kappa shape index (κ3) is 5.79. The van der Waals surface area contributed by atoms with Gasteiger partial charge in [-0.05, 0) is 44.0 Å². The first kappa shape index (κ1) is 17.6. The normalized spacial score (nSPS) is 12.2. The molecule has 0 heterocycles. The molecule has 1 unspecified atom stereocenters. The minimum Gasteiger partial charge on any atom is -0.495 e. The van der Waals surface area contributed by atoms with Crippen molar-refractivity contribution in [1.82, 2.24) is 4.90 Å². The van der Waals surface area contributed by atoms with Crippen LogP contribution in [0, 0.1) is 17.8 Å². The average molecular weight is 288 g/mol. The number of rotatable bonds is 6. The van der Waals surface area contributed by atoms with Crippen molar-refractivity contribution < 1.29 is 4.74 Å². The quantitative estimate of drug-likeness (QED) is 0.818. The Morgan fingerprint density at radius 1 is 1.29 bits per heavy atom. The van der Waals surface area contributed by atoms with Gasteiger partial charge in [-0.25, -0.2) is 0 Å².